The SMILES string of the molecule is Cc1cc(C)cc(N(C(=O)CCC(=O)Nc2ccccn2)[C@H](C(=O)NC(C)C)c2ccc(O)cc2)c1. The van der Waals surface area contributed by atoms with Gasteiger partial charge in [-0.15, -0.1) is 0 Å². The van der Waals surface area contributed by atoms with Crippen molar-refractivity contribution in [2.24, 2.45) is 0 Å². The number of aromatic hydroxyl groups is 1. The van der Waals surface area contributed by atoms with Crippen LogP contribution < -0.4 is 15.5 Å². The van der Waals surface area contributed by atoms with Crippen LogP contribution in [0.3, 0.4) is 0 Å². The molecule has 3 N–H and O–H groups in total. The lowest BCUT2D eigenvalue weighted by atomic mass is 10.0. The van der Waals surface area contributed by atoms with Gasteiger partial charge in [0.1, 0.15) is 17.6 Å². The Hall–Kier alpha value is -4.20. The van der Waals surface area contributed by atoms with Crippen LogP contribution in [0.4, 0.5) is 11.5 Å². The van der Waals surface area contributed by atoms with Gasteiger partial charge in [-0.1, -0.05) is 24.3 Å². The van der Waals surface area contributed by atoms with E-state index in [2.05, 4.69) is 15.6 Å². The van der Waals surface area contributed by atoms with Crippen LogP contribution in [0.25, 0.3) is 0 Å². The minimum absolute atomic E-state index is 0.0530. The summed E-state index contributed by atoms with van der Waals surface area (Å²) in [6.45, 7) is 7.53. The molecule has 1 heterocycles. The van der Waals surface area contributed by atoms with Gasteiger partial charge in [0.2, 0.25) is 17.7 Å². The molecule has 0 aliphatic carbocycles. The molecular formula is C28H32N4O4. The third-order valence-corrected chi connectivity index (χ3v) is 5.40. The summed E-state index contributed by atoms with van der Waals surface area (Å²) in [6.07, 6.45) is 1.37. The summed E-state index contributed by atoms with van der Waals surface area (Å²) in [7, 11) is 0. The fourth-order valence-corrected chi connectivity index (χ4v) is 3.95. The van der Waals surface area contributed by atoms with Gasteiger partial charge in [-0.25, -0.2) is 4.98 Å². The van der Waals surface area contributed by atoms with E-state index in [1.807, 2.05) is 45.9 Å². The molecule has 2 aromatic carbocycles. The maximum absolute atomic E-state index is 13.7. The third-order valence-electron chi connectivity index (χ3n) is 5.40. The first-order valence-corrected chi connectivity index (χ1v) is 11.8. The van der Waals surface area contributed by atoms with Crippen molar-refractivity contribution in [2.45, 2.75) is 52.6 Å². The van der Waals surface area contributed by atoms with Gasteiger partial charge in [-0.2, -0.15) is 0 Å². The highest BCUT2D eigenvalue weighted by Gasteiger charge is 2.33. The molecule has 0 aliphatic heterocycles. The predicted molar refractivity (Wildman–Crippen MR) is 140 cm³/mol. The summed E-state index contributed by atoms with van der Waals surface area (Å²) in [5, 5.41) is 15.4. The minimum Gasteiger partial charge on any atom is -0.508 e. The Labute approximate surface area is 211 Å². The number of aryl methyl sites for hydroxylation is 2. The maximum atomic E-state index is 13.7. The molecule has 0 saturated carbocycles. The van der Waals surface area contributed by atoms with Gasteiger partial charge in [-0.05, 0) is 80.8 Å². The number of phenols is 1. The van der Waals surface area contributed by atoms with Crippen molar-refractivity contribution in [1.82, 2.24) is 10.3 Å². The number of hydrogen-bond acceptors (Lipinski definition) is 5. The Morgan fingerprint density at radius 2 is 1.61 bits per heavy atom. The van der Waals surface area contributed by atoms with E-state index < -0.39 is 6.04 Å². The van der Waals surface area contributed by atoms with Crippen molar-refractivity contribution in [3.8, 4) is 5.75 Å². The topological polar surface area (TPSA) is 112 Å². The van der Waals surface area contributed by atoms with Crippen LogP contribution in [0.15, 0.2) is 66.9 Å². The molecule has 1 aromatic heterocycles. The van der Waals surface area contributed by atoms with Gasteiger partial charge >= 0.3 is 0 Å². The number of anilines is 2. The molecular weight excluding hydrogens is 456 g/mol. The predicted octanol–water partition coefficient (Wildman–Crippen LogP) is 4.42. The fraction of sp³-hybridized carbons (Fsp3) is 0.286. The summed E-state index contributed by atoms with van der Waals surface area (Å²) in [5.74, 6) is -0.638. The molecule has 3 amide bonds. The Kier molecular flexibility index (Phi) is 8.78. The zero-order chi connectivity index (χ0) is 26.2. The second-order valence-corrected chi connectivity index (χ2v) is 9.03. The van der Waals surface area contributed by atoms with Gasteiger partial charge < -0.3 is 15.7 Å². The molecule has 36 heavy (non-hydrogen) atoms. The molecule has 8 heteroatoms. The standard InChI is InChI=1S/C28H32N4O4/c1-18(2)30-28(36)27(21-8-10-23(33)11-9-21)32(22-16-19(3)15-20(4)17-22)26(35)13-12-25(34)31-24-7-5-6-14-29-24/h5-11,14-18,27,33H,12-13H2,1-4H3,(H,30,36)(H,29,31,34)/t27-/m0/s1. The van der Waals surface area contributed by atoms with E-state index in [0.29, 0.717) is 17.1 Å². The van der Waals surface area contributed by atoms with Crippen molar-refractivity contribution >= 4 is 29.2 Å². The molecule has 0 unspecified atom stereocenters. The number of pyridine rings is 1. The number of rotatable bonds is 9. The normalized spacial score (nSPS) is 11.6. The number of nitrogens with one attached hydrogen (secondary N) is 2. The Bertz CT molecular complexity index is 1190. The van der Waals surface area contributed by atoms with Crippen molar-refractivity contribution in [1.29, 1.82) is 0 Å². The average molecular weight is 489 g/mol. The highest BCUT2D eigenvalue weighted by atomic mass is 16.3. The molecule has 1 atom stereocenters. The van der Waals surface area contributed by atoms with Gasteiger partial charge in [0, 0.05) is 30.8 Å². The Morgan fingerprint density at radius 1 is 0.944 bits per heavy atom. The molecule has 3 aromatic rings. The monoisotopic (exact) mass is 488 g/mol. The summed E-state index contributed by atoms with van der Waals surface area (Å²) >= 11 is 0. The maximum Gasteiger partial charge on any atom is 0.248 e. The van der Waals surface area contributed by atoms with E-state index in [4.69, 9.17) is 0 Å². The van der Waals surface area contributed by atoms with Crippen LogP contribution in [-0.2, 0) is 14.4 Å². The first-order valence-electron chi connectivity index (χ1n) is 11.8. The number of carbonyl (C=O) groups is 3. The van der Waals surface area contributed by atoms with E-state index in [0.717, 1.165) is 11.1 Å². The molecule has 188 valence electrons. The smallest absolute Gasteiger partial charge is 0.248 e. The van der Waals surface area contributed by atoms with Crippen molar-refractivity contribution in [2.75, 3.05) is 10.2 Å². The van der Waals surface area contributed by atoms with Gasteiger partial charge in [0.05, 0.1) is 0 Å². The number of carbonyl (C=O) groups excluding carboxylic acids is 3. The number of amides is 3. The van der Waals surface area contributed by atoms with Crippen LogP contribution >= 0.6 is 0 Å². The Balaban J connectivity index is 1.97. The van der Waals surface area contributed by atoms with Crippen LogP contribution in [0.5, 0.6) is 5.75 Å². The van der Waals surface area contributed by atoms with E-state index in [-0.39, 0.29) is 42.4 Å². The summed E-state index contributed by atoms with van der Waals surface area (Å²) in [4.78, 5) is 45.2. The summed E-state index contributed by atoms with van der Waals surface area (Å²) in [5.41, 5.74) is 2.96. The zero-order valence-electron chi connectivity index (χ0n) is 21.0. The van der Waals surface area contributed by atoms with Crippen molar-refractivity contribution in [3.63, 3.8) is 0 Å². The van der Waals surface area contributed by atoms with Crippen LogP contribution in [-0.4, -0.2) is 33.9 Å². The first-order chi connectivity index (χ1) is 17.1. The van der Waals surface area contributed by atoms with E-state index >= 15 is 0 Å². The van der Waals surface area contributed by atoms with E-state index in [9.17, 15) is 19.5 Å². The Morgan fingerprint density at radius 3 is 2.19 bits per heavy atom. The molecule has 0 radical (unpaired) electrons. The minimum atomic E-state index is -0.999. The quantitative estimate of drug-likeness (QED) is 0.413. The average Bonchev–Trinajstić information content (AvgIpc) is 2.81. The second-order valence-electron chi connectivity index (χ2n) is 9.03. The van der Waals surface area contributed by atoms with E-state index in [1.165, 1.54) is 17.0 Å². The third kappa shape index (κ3) is 7.15. The van der Waals surface area contributed by atoms with Gasteiger partial charge in [0.15, 0.2) is 0 Å². The number of nitrogens with zero attached hydrogens (tertiary/aromatic N) is 2. The molecule has 3 rings (SSSR count). The molecule has 8 nitrogen and oxygen atoms in total. The molecule has 0 fully saturated rings. The molecule has 0 bridgehead atoms. The highest BCUT2D eigenvalue weighted by molar-refractivity contribution is 6.03. The lowest BCUT2D eigenvalue weighted by molar-refractivity contribution is -0.127. The summed E-state index contributed by atoms with van der Waals surface area (Å²) in [6, 6.07) is 15.9. The fourth-order valence-electron chi connectivity index (χ4n) is 3.95. The number of aromatic nitrogens is 1. The molecule has 0 saturated heterocycles. The van der Waals surface area contributed by atoms with Gasteiger partial charge in [0.25, 0.3) is 0 Å². The van der Waals surface area contributed by atoms with E-state index in [1.54, 1.807) is 36.5 Å². The number of benzene rings is 2. The van der Waals surface area contributed by atoms with Gasteiger partial charge in [-0.3, -0.25) is 19.3 Å². The zero-order valence-corrected chi connectivity index (χ0v) is 21.0. The lowest BCUT2D eigenvalue weighted by Gasteiger charge is -2.32. The number of phenolic OH excluding ortho intramolecular Hbond substituents is 1. The van der Waals surface area contributed by atoms with Crippen LogP contribution in [0.1, 0.15) is 49.4 Å². The lowest BCUT2D eigenvalue weighted by Crippen LogP contribution is -2.46. The first kappa shape index (κ1) is 26.4. The summed E-state index contributed by atoms with van der Waals surface area (Å²) < 4.78 is 0. The van der Waals surface area contributed by atoms with Crippen LogP contribution in [0, 0.1) is 13.8 Å². The molecule has 0 spiro atoms. The van der Waals surface area contributed by atoms with Crippen molar-refractivity contribution < 1.29 is 19.5 Å². The second kappa shape index (κ2) is 12.0. The highest BCUT2D eigenvalue weighted by Crippen LogP contribution is 2.31. The van der Waals surface area contributed by atoms with Crippen molar-refractivity contribution in [3.05, 3.63) is 83.6 Å². The number of hydrogen-bond donors (Lipinski definition) is 3. The van der Waals surface area contributed by atoms with Crippen LogP contribution in [0.2, 0.25) is 0 Å². The largest absolute Gasteiger partial charge is 0.508 e. The molecule has 0 aliphatic rings.